The van der Waals surface area contributed by atoms with Crippen molar-refractivity contribution < 1.29 is 33.7 Å². The Morgan fingerprint density at radius 1 is 0.674 bits per heavy atom. The van der Waals surface area contributed by atoms with Crippen molar-refractivity contribution in [2.45, 2.75) is 97.8 Å². The summed E-state index contributed by atoms with van der Waals surface area (Å²) >= 11 is 0. The van der Waals surface area contributed by atoms with Gasteiger partial charge in [-0.3, -0.25) is 9.59 Å². The van der Waals surface area contributed by atoms with Gasteiger partial charge in [0.2, 0.25) is 0 Å². The van der Waals surface area contributed by atoms with Gasteiger partial charge in [-0.1, -0.05) is 103 Å². The van der Waals surface area contributed by atoms with Crippen LogP contribution in [-0.2, 0) is 9.53 Å². The molecule has 0 aliphatic rings. The molecular formula is C39H50O7. The lowest BCUT2D eigenvalue weighted by atomic mass is 9.93. The molecule has 0 aliphatic carbocycles. The zero-order chi connectivity index (χ0) is 33.1. The van der Waals surface area contributed by atoms with Crippen molar-refractivity contribution in [1.82, 2.24) is 0 Å². The molecule has 0 saturated carbocycles. The number of carbonyl (C=O) groups is 3. The summed E-state index contributed by atoms with van der Waals surface area (Å²) in [5.74, 6) is -0.930. The van der Waals surface area contributed by atoms with Gasteiger partial charge in [-0.15, -0.1) is 0 Å². The Kier molecular flexibility index (Phi) is 16.0. The number of Topliss-reactive ketones (excluding diaryl/α,β-unsaturated/α-hetero) is 1. The number of ketones is 1. The van der Waals surface area contributed by atoms with Gasteiger partial charge in [0.05, 0.1) is 18.6 Å². The number of rotatable bonds is 21. The first-order valence-corrected chi connectivity index (χ1v) is 16.9. The van der Waals surface area contributed by atoms with Crippen molar-refractivity contribution in [3.05, 3.63) is 77.9 Å². The largest absolute Gasteiger partial charge is 0.504 e. The molecule has 0 saturated heterocycles. The summed E-state index contributed by atoms with van der Waals surface area (Å²) in [4.78, 5) is 37.7. The Morgan fingerprint density at radius 3 is 1.91 bits per heavy atom. The molecule has 7 heteroatoms. The molecule has 1 atom stereocenters. The van der Waals surface area contributed by atoms with E-state index in [4.69, 9.17) is 14.2 Å². The van der Waals surface area contributed by atoms with Crippen LogP contribution >= 0.6 is 0 Å². The Morgan fingerprint density at radius 2 is 1.26 bits per heavy atom. The zero-order valence-corrected chi connectivity index (χ0v) is 27.7. The fraction of sp³-hybridized carbons (Fsp3) is 0.462. The molecule has 7 nitrogen and oxygen atoms in total. The third-order valence-electron chi connectivity index (χ3n) is 8.02. The van der Waals surface area contributed by atoms with Gasteiger partial charge in [0.1, 0.15) is 5.75 Å². The van der Waals surface area contributed by atoms with E-state index in [0.29, 0.717) is 30.1 Å². The Balaban J connectivity index is 1.44. The molecule has 0 radical (unpaired) electrons. The number of esters is 2. The van der Waals surface area contributed by atoms with E-state index < -0.39 is 5.97 Å². The summed E-state index contributed by atoms with van der Waals surface area (Å²) in [7, 11) is 0. The first-order chi connectivity index (χ1) is 22.3. The number of phenolic OH excluding ortho intramolecular Hbond substituents is 1. The number of unbranched alkanes of at least 4 members (excludes halogenated alkanes) is 8. The maximum Gasteiger partial charge on any atom is 0.343 e. The van der Waals surface area contributed by atoms with Crippen LogP contribution in [0.15, 0.2) is 66.7 Å². The number of carbonyl (C=O) groups excluding carboxylic acids is 3. The maximum atomic E-state index is 12.8. The van der Waals surface area contributed by atoms with Crippen LogP contribution in [0.25, 0.3) is 11.1 Å². The first kappa shape index (κ1) is 36.5. The molecule has 0 bridgehead atoms. The molecule has 1 N–H and O–H groups in total. The predicted molar refractivity (Wildman–Crippen MR) is 182 cm³/mol. The minimum absolute atomic E-state index is 0.00396. The van der Waals surface area contributed by atoms with Crippen LogP contribution in [0.1, 0.15) is 119 Å². The summed E-state index contributed by atoms with van der Waals surface area (Å²) < 4.78 is 16.4. The van der Waals surface area contributed by atoms with Crippen LogP contribution in [0.2, 0.25) is 0 Å². The highest BCUT2D eigenvalue weighted by Gasteiger charge is 2.18. The average Bonchev–Trinajstić information content (AvgIpc) is 3.06. The van der Waals surface area contributed by atoms with Gasteiger partial charge in [0, 0.05) is 18.1 Å². The number of phenols is 1. The van der Waals surface area contributed by atoms with Crippen LogP contribution in [0.4, 0.5) is 0 Å². The smallest absolute Gasteiger partial charge is 0.343 e. The van der Waals surface area contributed by atoms with E-state index in [1.54, 1.807) is 42.5 Å². The summed E-state index contributed by atoms with van der Waals surface area (Å²) in [6.45, 7) is 7.28. The lowest BCUT2D eigenvalue weighted by molar-refractivity contribution is -0.135. The molecule has 3 aromatic carbocycles. The van der Waals surface area contributed by atoms with Crippen LogP contribution in [-0.4, -0.2) is 36.0 Å². The van der Waals surface area contributed by atoms with Crippen molar-refractivity contribution >= 4 is 17.7 Å². The highest BCUT2D eigenvalue weighted by molar-refractivity contribution is 5.98. The molecule has 0 heterocycles. The minimum atomic E-state index is -0.622. The van der Waals surface area contributed by atoms with E-state index in [-0.39, 0.29) is 35.6 Å². The van der Waals surface area contributed by atoms with Crippen LogP contribution < -0.4 is 9.47 Å². The number of hydrogen-bond acceptors (Lipinski definition) is 7. The van der Waals surface area contributed by atoms with Gasteiger partial charge in [-0.2, -0.15) is 0 Å². The number of benzene rings is 3. The van der Waals surface area contributed by atoms with Crippen molar-refractivity contribution in [2.24, 2.45) is 5.92 Å². The second-order valence-corrected chi connectivity index (χ2v) is 11.9. The first-order valence-electron chi connectivity index (χ1n) is 16.9. The number of ether oxygens (including phenoxy) is 3. The molecule has 0 aromatic heterocycles. The van der Waals surface area contributed by atoms with E-state index in [9.17, 15) is 19.5 Å². The standard InChI is InChI=1S/C39H50O7/c1-4-6-8-10-11-13-26-44-27-25-37(41)45-34-22-19-31(20-23-34)30-15-17-32(18-16-30)39(43)46-36-24-21-33(28-35(36)40)38(42)29(3)14-12-9-7-5-2/h15-24,28-29,40H,4-14,25-27H2,1-3H3. The molecule has 46 heavy (non-hydrogen) atoms. The van der Waals surface area contributed by atoms with Gasteiger partial charge in [-0.05, 0) is 66.4 Å². The van der Waals surface area contributed by atoms with Gasteiger partial charge < -0.3 is 19.3 Å². The normalized spacial score (nSPS) is 11.6. The van der Waals surface area contributed by atoms with Crippen LogP contribution in [0.5, 0.6) is 17.2 Å². The number of hydrogen-bond donors (Lipinski definition) is 1. The van der Waals surface area contributed by atoms with E-state index in [1.807, 2.05) is 19.1 Å². The molecule has 0 aliphatic heterocycles. The summed E-state index contributed by atoms with van der Waals surface area (Å²) in [5.41, 5.74) is 2.47. The van der Waals surface area contributed by atoms with E-state index >= 15 is 0 Å². The highest BCUT2D eigenvalue weighted by Crippen LogP contribution is 2.30. The molecule has 0 amide bonds. The SMILES string of the molecule is CCCCCCCCOCCC(=O)Oc1ccc(-c2ccc(C(=O)Oc3ccc(C(=O)C(C)CCCCCC)cc3O)cc2)cc1. The van der Waals surface area contributed by atoms with Crippen LogP contribution in [0.3, 0.4) is 0 Å². The van der Waals surface area contributed by atoms with Gasteiger partial charge in [0.15, 0.2) is 17.3 Å². The molecule has 0 fully saturated rings. The van der Waals surface area contributed by atoms with Crippen LogP contribution in [0, 0.1) is 5.92 Å². The summed E-state index contributed by atoms with van der Waals surface area (Å²) in [6, 6.07) is 18.4. The lowest BCUT2D eigenvalue weighted by Gasteiger charge is -2.12. The number of aromatic hydroxyl groups is 1. The Hall–Kier alpha value is -3.97. The van der Waals surface area contributed by atoms with E-state index in [2.05, 4.69) is 13.8 Å². The molecular weight excluding hydrogens is 580 g/mol. The third kappa shape index (κ3) is 12.4. The second kappa shape index (κ2) is 20.2. The monoisotopic (exact) mass is 630 g/mol. The van der Waals surface area contributed by atoms with E-state index in [1.165, 1.54) is 37.8 Å². The van der Waals surface area contributed by atoms with Gasteiger partial charge >= 0.3 is 11.9 Å². The lowest BCUT2D eigenvalue weighted by Crippen LogP contribution is -2.12. The molecule has 0 spiro atoms. The Labute approximate surface area is 274 Å². The third-order valence-corrected chi connectivity index (χ3v) is 8.02. The fourth-order valence-electron chi connectivity index (χ4n) is 5.15. The zero-order valence-electron chi connectivity index (χ0n) is 27.7. The van der Waals surface area contributed by atoms with Crippen molar-refractivity contribution in [3.63, 3.8) is 0 Å². The summed E-state index contributed by atoms with van der Waals surface area (Å²) in [5, 5.41) is 10.5. The topological polar surface area (TPSA) is 99.1 Å². The molecule has 248 valence electrons. The van der Waals surface area contributed by atoms with Crippen molar-refractivity contribution in [1.29, 1.82) is 0 Å². The fourth-order valence-corrected chi connectivity index (χ4v) is 5.15. The minimum Gasteiger partial charge on any atom is -0.504 e. The molecule has 1 unspecified atom stereocenters. The van der Waals surface area contributed by atoms with Crippen molar-refractivity contribution in [2.75, 3.05) is 13.2 Å². The van der Waals surface area contributed by atoms with Crippen molar-refractivity contribution in [3.8, 4) is 28.4 Å². The quantitative estimate of drug-likeness (QED) is 0.0541. The van der Waals surface area contributed by atoms with Gasteiger partial charge in [-0.25, -0.2) is 4.79 Å². The predicted octanol–water partition coefficient (Wildman–Crippen LogP) is 9.74. The maximum absolute atomic E-state index is 12.8. The summed E-state index contributed by atoms with van der Waals surface area (Å²) in [6.07, 6.45) is 12.6. The van der Waals surface area contributed by atoms with Gasteiger partial charge in [0.25, 0.3) is 0 Å². The highest BCUT2D eigenvalue weighted by atomic mass is 16.5. The molecule has 3 rings (SSSR count). The Bertz CT molecular complexity index is 1360. The molecule has 3 aromatic rings. The van der Waals surface area contributed by atoms with E-state index in [0.717, 1.165) is 56.1 Å². The average molecular weight is 631 g/mol. The second-order valence-electron chi connectivity index (χ2n) is 11.9.